The van der Waals surface area contributed by atoms with Crippen LogP contribution in [0.2, 0.25) is 0 Å². The Hall–Kier alpha value is -2.45. The molecule has 0 aliphatic carbocycles. The van der Waals surface area contributed by atoms with E-state index in [1.165, 1.54) is 5.56 Å². The Morgan fingerprint density at radius 3 is 2.77 bits per heavy atom. The molecule has 4 rings (SSSR count). The van der Waals surface area contributed by atoms with Crippen molar-refractivity contribution < 1.29 is 0 Å². The molecular formula is C18H18N6S2. The summed E-state index contributed by atoms with van der Waals surface area (Å²) in [6, 6.07) is 8.28. The molecule has 0 fully saturated rings. The van der Waals surface area contributed by atoms with Gasteiger partial charge in [-0.1, -0.05) is 30.0 Å². The van der Waals surface area contributed by atoms with E-state index >= 15 is 0 Å². The van der Waals surface area contributed by atoms with Crippen molar-refractivity contribution in [1.29, 1.82) is 0 Å². The number of aryl methyl sites for hydroxylation is 3. The summed E-state index contributed by atoms with van der Waals surface area (Å²) in [5.74, 6) is 1.64. The van der Waals surface area contributed by atoms with Gasteiger partial charge in [0.1, 0.15) is 10.8 Å². The van der Waals surface area contributed by atoms with E-state index in [4.69, 9.17) is 4.98 Å². The van der Waals surface area contributed by atoms with Gasteiger partial charge in [-0.15, -0.1) is 21.5 Å². The maximum absolute atomic E-state index is 4.72. The average molecular weight is 383 g/mol. The lowest BCUT2D eigenvalue weighted by atomic mass is 10.2. The standard InChI is InChI=1S/C18H18N6S2/c1-12-6-4-5-7-16(12)24-13(2)21-22-18(24)26-11-15-10-25-17(20-15)14-8-19-23(3)9-14/h4-10H,11H2,1-3H3. The lowest BCUT2D eigenvalue weighted by Crippen LogP contribution is -2.01. The first-order chi connectivity index (χ1) is 12.6. The van der Waals surface area contributed by atoms with Crippen molar-refractivity contribution in [2.75, 3.05) is 0 Å². The highest BCUT2D eigenvalue weighted by molar-refractivity contribution is 7.98. The van der Waals surface area contributed by atoms with E-state index in [1.807, 2.05) is 38.5 Å². The summed E-state index contributed by atoms with van der Waals surface area (Å²) >= 11 is 3.29. The number of hydrogen-bond acceptors (Lipinski definition) is 6. The molecule has 0 saturated carbocycles. The molecular weight excluding hydrogens is 364 g/mol. The third-order valence-corrected chi connectivity index (χ3v) is 5.91. The Kier molecular flexibility index (Phi) is 4.60. The van der Waals surface area contributed by atoms with Gasteiger partial charge < -0.3 is 0 Å². The Morgan fingerprint density at radius 2 is 2.00 bits per heavy atom. The van der Waals surface area contributed by atoms with Crippen LogP contribution in [0.5, 0.6) is 0 Å². The van der Waals surface area contributed by atoms with Gasteiger partial charge in [0, 0.05) is 29.9 Å². The summed E-state index contributed by atoms with van der Waals surface area (Å²) < 4.78 is 3.90. The van der Waals surface area contributed by atoms with Crippen molar-refractivity contribution >= 4 is 23.1 Å². The number of para-hydroxylation sites is 1. The van der Waals surface area contributed by atoms with E-state index < -0.39 is 0 Å². The fraction of sp³-hybridized carbons (Fsp3) is 0.222. The number of benzene rings is 1. The van der Waals surface area contributed by atoms with Gasteiger partial charge in [-0.3, -0.25) is 9.25 Å². The zero-order valence-electron chi connectivity index (χ0n) is 14.7. The molecule has 6 nitrogen and oxygen atoms in total. The fourth-order valence-corrected chi connectivity index (χ4v) is 4.49. The Balaban J connectivity index is 1.55. The van der Waals surface area contributed by atoms with E-state index in [0.717, 1.165) is 38.7 Å². The molecule has 8 heteroatoms. The molecule has 0 unspecified atom stereocenters. The first-order valence-corrected chi connectivity index (χ1v) is 10.0. The minimum Gasteiger partial charge on any atom is -0.275 e. The molecule has 0 N–H and O–H groups in total. The number of rotatable bonds is 5. The van der Waals surface area contributed by atoms with Gasteiger partial charge in [0.15, 0.2) is 5.16 Å². The van der Waals surface area contributed by atoms with Gasteiger partial charge in [0.25, 0.3) is 0 Å². The Bertz CT molecular complexity index is 1050. The molecule has 0 spiro atoms. The van der Waals surface area contributed by atoms with Crippen molar-refractivity contribution in [3.63, 3.8) is 0 Å². The van der Waals surface area contributed by atoms with E-state index in [2.05, 4.69) is 44.3 Å². The van der Waals surface area contributed by atoms with E-state index in [1.54, 1.807) is 27.8 Å². The molecule has 3 aromatic heterocycles. The molecule has 0 aliphatic rings. The van der Waals surface area contributed by atoms with Crippen LogP contribution in [0.25, 0.3) is 16.3 Å². The molecule has 0 aliphatic heterocycles. The van der Waals surface area contributed by atoms with E-state index in [9.17, 15) is 0 Å². The third kappa shape index (κ3) is 3.30. The van der Waals surface area contributed by atoms with Crippen LogP contribution in [-0.4, -0.2) is 29.5 Å². The molecule has 4 aromatic rings. The summed E-state index contributed by atoms with van der Waals surface area (Å²) in [6.07, 6.45) is 3.82. The minimum atomic E-state index is 0.751. The average Bonchev–Trinajstić information content (AvgIpc) is 3.34. The predicted molar refractivity (Wildman–Crippen MR) is 105 cm³/mol. The van der Waals surface area contributed by atoms with Crippen LogP contribution in [0.1, 0.15) is 17.1 Å². The summed E-state index contributed by atoms with van der Waals surface area (Å²) in [7, 11) is 1.91. The first kappa shape index (κ1) is 17.0. The maximum Gasteiger partial charge on any atom is 0.196 e. The lowest BCUT2D eigenvalue weighted by molar-refractivity contribution is 0.768. The van der Waals surface area contributed by atoms with Gasteiger partial charge in [0.2, 0.25) is 0 Å². The van der Waals surface area contributed by atoms with Gasteiger partial charge >= 0.3 is 0 Å². The van der Waals surface area contributed by atoms with Gasteiger partial charge in [-0.05, 0) is 25.5 Å². The number of nitrogens with zero attached hydrogens (tertiary/aromatic N) is 6. The molecule has 26 heavy (non-hydrogen) atoms. The highest BCUT2D eigenvalue weighted by Crippen LogP contribution is 2.29. The maximum atomic E-state index is 4.72. The third-order valence-electron chi connectivity index (χ3n) is 4.00. The van der Waals surface area contributed by atoms with Crippen molar-refractivity contribution in [1.82, 2.24) is 29.5 Å². The highest BCUT2D eigenvalue weighted by Gasteiger charge is 2.14. The lowest BCUT2D eigenvalue weighted by Gasteiger charge is -2.10. The number of thioether (sulfide) groups is 1. The van der Waals surface area contributed by atoms with Crippen molar-refractivity contribution in [3.8, 4) is 16.3 Å². The van der Waals surface area contributed by atoms with Crippen molar-refractivity contribution in [3.05, 3.63) is 59.1 Å². The zero-order chi connectivity index (χ0) is 18.1. The van der Waals surface area contributed by atoms with Crippen LogP contribution in [0.4, 0.5) is 0 Å². The number of aromatic nitrogens is 6. The minimum absolute atomic E-state index is 0.751. The highest BCUT2D eigenvalue weighted by atomic mass is 32.2. The molecule has 0 saturated heterocycles. The van der Waals surface area contributed by atoms with Crippen LogP contribution < -0.4 is 0 Å². The zero-order valence-corrected chi connectivity index (χ0v) is 16.4. The molecule has 0 amide bonds. The van der Waals surface area contributed by atoms with Gasteiger partial charge in [0.05, 0.1) is 17.6 Å². The molecule has 0 bridgehead atoms. The quantitative estimate of drug-likeness (QED) is 0.488. The Morgan fingerprint density at radius 1 is 1.15 bits per heavy atom. The van der Waals surface area contributed by atoms with Crippen LogP contribution in [0.3, 0.4) is 0 Å². The van der Waals surface area contributed by atoms with Gasteiger partial charge in [-0.2, -0.15) is 5.10 Å². The summed E-state index contributed by atoms with van der Waals surface area (Å²) in [5.41, 5.74) is 4.40. The second kappa shape index (κ2) is 7.05. The summed E-state index contributed by atoms with van der Waals surface area (Å²) in [5, 5.41) is 16.8. The second-order valence-corrected chi connectivity index (χ2v) is 7.79. The molecule has 0 radical (unpaired) electrons. The SMILES string of the molecule is Cc1ccccc1-n1c(C)nnc1SCc1csc(-c2cnn(C)c2)n1. The fourth-order valence-electron chi connectivity index (χ4n) is 2.70. The molecule has 1 aromatic carbocycles. The number of thiazole rings is 1. The van der Waals surface area contributed by atoms with Crippen LogP contribution in [0.15, 0.2) is 47.2 Å². The second-order valence-electron chi connectivity index (χ2n) is 5.99. The summed E-state index contributed by atoms with van der Waals surface area (Å²) in [6.45, 7) is 4.08. The predicted octanol–water partition coefficient (Wildman–Crippen LogP) is 4.03. The van der Waals surface area contributed by atoms with Crippen LogP contribution in [0, 0.1) is 13.8 Å². The first-order valence-electron chi connectivity index (χ1n) is 8.16. The Labute approximate surface area is 159 Å². The normalized spacial score (nSPS) is 11.2. The smallest absolute Gasteiger partial charge is 0.196 e. The largest absolute Gasteiger partial charge is 0.275 e. The number of hydrogen-bond donors (Lipinski definition) is 0. The van der Waals surface area contributed by atoms with E-state index in [0.29, 0.717) is 0 Å². The molecule has 3 heterocycles. The topological polar surface area (TPSA) is 61.4 Å². The van der Waals surface area contributed by atoms with Crippen LogP contribution in [-0.2, 0) is 12.8 Å². The molecule has 0 atom stereocenters. The summed E-state index contributed by atoms with van der Waals surface area (Å²) in [4.78, 5) is 4.72. The van der Waals surface area contributed by atoms with Crippen molar-refractivity contribution in [2.24, 2.45) is 7.05 Å². The van der Waals surface area contributed by atoms with Crippen molar-refractivity contribution in [2.45, 2.75) is 24.8 Å². The molecule has 132 valence electrons. The van der Waals surface area contributed by atoms with Crippen LogP contribution >= 0.6 is 23.1 Å². The monoisotopic (exact) mass is 382 g/mol. The van der Waals surface area contributed by atoms with E-state index in [-0.39, 0.29) is 0 Å². The van der Waals surface area contributed by atoms with Gasteiger partial charge in [-0.25, -0.2) is 4.98 Å².